The molecule has 132 valence electrons. The fourth-order valence-corrected chi connectivity index (χ4v) is 4.38. The first-order valence-corrected chi connectivity index (χ1v) is 10.3. The van der Waals surface area contributed by atoms with E-state index in [1.807, 2.05) is 0 Å². The Morgan fingerprint density at radius 3 is 2.54 bits per heavy atom. The van der Waals surface area contributed by atoms with Crippen LogP contribution in [0.5, 0.6) is 0 Å². The molecule has 3 saturated heterocycles. The van der Waals surface area contributed by atoms with Crippen molar-refractivity contribution in [1.29, 1.82) is 0 Å². The lowest BCUT2D eigenvalue weighted by Gasteiger charge is -2.36. The SMILES string of the molecule is CS(=O)(=O)CC(=O)N1C[C@H]2CC[C@@H]1CN(Cc1ccc(F)cc1)C2. The Morgan fingerprint density at radius 1 is 1.17 bits per heavy atom. The van der Waals surface area contributed by atoms with Crippen LogP contribution in [-0.4, -0.2) is 61.8 Å². The van der Waals surface area contributed by atoms with Gasteiger partial charge in [-0.1, -0.05) is 12.1 Å². The highest BCUT2D eigenvalue weighted by atomic mass is 32.2. The summed E-state index contributed by atoms with van der Waals surface area (Å²) in [6.45, 7) is 2.99. The molecule has 0 saturated carbocycles. The Balaban J connectivity index is 1.68. The van der Waals surface area contributed by atoms with Crippen molar-refractivity contribution < 1.29 is 17.6 Å². The summed E-state index contributed by atoms with van der Waals surface area (Å²) < 4.78 is 35.9. The van der Waals surface area contributed by atoms with E-state index in [2.05, 4.69) is 4.90 Å². The molecule has 7 heteroatoms. The highest BCUT2D eigenvalue weighted by Crippen LogP contribution is 2.29. The number of benzene rings is 1. The molecule has 3 heterocycles. The van der Waals surface area contributed by atoms with E-state index in [0.717, 1.165) is 44.3 Å². The molecule has 3 aliphatic heterocycles. The van der Waals surface area contributed by atoms with Crippen molar-refractivity contribution in [2.24, 2.45) is 5.92 Å². The molecule has 4 rings (SSSR count). The number of piperidine rings is 1. The number of carbonyl (C=O) groups is 1. The standard InChI is InChI=1S/C17H23FN2O3S/c1-24(22,23)12-17(21)20-10-14-4-7-16(20)11-19(9-14)8-13-2-5-15(18)6-3-13/h2-3,5-6,14,16H,4,7-12H2,1H3/t14-,16+/m0/s1. The van der Waals surface area contributed by atoms with E-state index in [9.17, 15) is 17.6 Å². The van der Waals surface area contributed by atoms with Crippen LogP contribution < -0.4 is 0 Å². The highest BCUT2D eigenvalue weighted by molar-refractivity contribution is 7.91. The fourth-order valence-electron chi connectivity index (χ4n) is 3.77. The van der Waals surface area contributed by atoms with Gasteiger partial charge >= 0.3 is 0 Å². The van der Waals surface area contributed by atoms with Crippen LogP contribution in [-0.2, 0) is 21.2 Å². The summed E-state index contributed by atoms with van der Waals surface area (Å²) in [5.74, 6) is -0.565. The summed E-state index contributed by atoms with van der Waals surface area (Å²) >= 11 is 0. The number of halogens is 1. The summed E-state index contributed by atoms with van der Waals surface area (Å²) in [4.78, 5) is 16.4. The molecule has 3 fully saturated rings. The molecule has 24 heavy (non-hydrogen) atoms. The van der Waals surface area contributed by atoms with E-state index in [-0.39, 0.29) is 17.8 Å². The Labute approximate surface area is 142 Å². The van der Waals surface area contributed by atoms with Gasteiger partial charge in [0.15, 0.2) is 9.84 Å². The van der Waals surface area contributed by atoms with Gasteiger partial charge in [-0.15, -0.1) is 0 Å². The minimum absolute atomic E-state index is 0.0680. The average Bonchev–Trinajstić information content (AvgIpc) is 2.78. The van der Waals surface area contributed by atoms with E-state index in [1.54, 1.807) is 17.0 Å². The number of hydrogen-bond donors (Lipinski definition) is 0. The average molecular weight is 354 g/mol. The van der Waals surface area contributed by atoms with E-state index < -0.39 is 15.6 Å². The molecule has 0 radical (unpaired) electrons. The zero-order valence-electron chi connectivity index (χ0n) is 13.8. The molecule has 0 aliphatic carbocycles. The third kappa shape index (κ3) is 4.33. The maximum absolute atomic E-state index is 13.0. The molecule has 0 unspecified atom stereocenters. The van der Waals surface area contributed by atoms with Gasteiger partial charge in [-0.3, -0.25) is 9.69 Å². The third-order valence-corrected chi connectivity index (χ3v) is 5.59. The van der Waals surface area contributed by atoms with E-state index in [1.165, 1.54) is 12.1 Å². The van der Waals surface area contributed by atoms with Crippen molar-refractivity contribution in [3.8, 4) is 0 Å². The monoisotopic (exact) mass is 354 g/mol. The second kappa shape index (κ2) is 6.80. The minimum atomic E-state index is -3.31. The maximum atomic E-state index is 13.0. The summed E-state index contributed by atoms with van der Waals surface area (Å²) in [5, 5.41) is 0. The summed E-state index contributed by atoms with van der Waals surface area (Å²) in [6.07, 6.45) is 3.08. The van der Waals surface area contributed by atoms with Crippen LogP contribution in [0.1, 0.15) is 18.4 Å². The van der Waals surface area contributed by atoms with Gasteiger partial charge in [-0.25, -0.2) is 12.8 Å². The van der Waals surface area contributed by atoms with Crippen LogP contribution in [0.3, 0.4) is 0 Å². The Hall–Kier alpha value is -1.47. The smallest absolute Gasteiger partial charge is 0.238 e. The molecule has 1 amide bonds. The molecule has 2 bridgehead atoms. The first-order valence-electron chi connectivity index (χ1n) is 8.24. The zero-order chi connectivity index (χ0) is 17.3. The third-order valence-electron chi connectivity index (χ3n) is 4.81. The van der Waals surface area contributed by atoms with Crippen molar-refractivity contribution in [2.45, 2.75) is 25.4 Å². The normalized spacial score (nSPS) is 24.8. The second-order valence-corrected chi connectivity index (χ2v) is 9.17. The Kier molecular flexibility index (Phi) is 4.92. The van der Waals surface area contributed by atoms with Gasteiger partial charge in [0.05, 0.1) is 0 Å². The van der Waals surface area contributed by atoms with Gasteiger partial charge in [0.25, 0.3) is 0 Å². The van der Waals surface area contributed by atoms with Crippen LogP contribution >= 0.6 is 0 Å². The quantitative estimate of drug-likeness (QED) is 0.818. The number of carbonyl (C=O) groups excluding carboxylic acids is 1. The lowest BCUT2D eigenvalue weighted by molar-refractivity contribution is -0.132. The van der Waals surface area contributed by atoms with Gasteiger partial charge in [0, 0.05) is 38.5 Å². The van der Waals surface area contributed by atoms with Crippen molar-refractivity contribution in [2.75, 3.05) is 31.6 Å². The maximum Gasteiger partial charge on any atom is 0.238 e. The van der Waals surface area contributed by atoms with E-state index >= 15 is 0 Å². The van der Waals surface area contributed by atoms with Gasteiger partial charge in [0.1, 0.15) is 11.6 Å². The highest BCUT2D eigenvalue weighted by Gasteiger charge is 2.37. The fraction of sp³-hybridized carbons (Fsp3) is 0.588. The van der Waals surface area contributed by atoms with E-state index in [0.29, 0.717) is 12.5 Å². The molecule has 1 aromatic carbocycles. The molecule has 5 nitrogen and oxygen atoms in total. The molecule has 1 aromatic rings. The van der Waals surface area contributed by atoms with Crippen molar-refractivity contribution in [3.05, 3.63) is 35.6 Å². The number of nitrogens with zero attached hydrogens (tertiary/aromatic N) is 2. The summed E-state index contributed by atoms with van der Waals surface area (Å²) in [5.41, 5.74) is 1.05. The largest absolute Gasteiger partial charge is 0.337 e. The molecule has 0 spiro atoms. The summed E-state index contributed by atoms with van der Waals surface area (Å²) in [7, 11) is -3.31. The predicted molar refractivity (Wildman–Crippen MR) is 89.6 cm³/mol. The number of fused-ring (bicyclic) bond motifs is 4. The molecule has 0 aromatic heterocycles. The predicted octanol–water partition coefficient (Wildman–Crippen LogP) is 1.29. The molecule has 2 atom stereocenters. The zero-order valence-corrected chi connectivity index (χ0v) is 14.6. The Bertz CT molecular complexity index is 705. The second-order valence-electron chi connectivity index (χ2n) is 7.03. The molecule has 3 aliphatic rings. The van der Waals surface area contributed by atoms with E-state index in [4.69, 9.17) is 0 Å². The summed E-state index contributed by atoms with van der Waals surface area (Å²) in [6, 6.07) is 6.56. The number of rotatable bonds is 4. The number of amides is 1. The van der Waals surface area contributed by atoms with Crippen molar-refractivity contribution >= 4 is 15.7 Å². The molecule has 0 N–H and O–H groups in total. The van der Waals surface area contributed by atoms with Gasteiger partial charge in [-0.05, 0) is 36.5 Å². The van der Waals surface area contributed by atoms with Gasteiger partial charge < -0.3 is 4.90 Å². The van der Waals surface area contributed by atoms with Crippen molar-refractivity contribution in [3.63, 3.8) is 0 Å². The first-order chi connectivity index (χ1) is 11.3. The van der Waals surface area contributed by atoms with Gasteiger partial charge in [-0.2, -0.15) is 0 Å². The lowest BCUT2D eigenvalue weighted by atomic mass is 9.95. The molecular weight excluding hydrogens is 331 g/mol. The van der Waals surface area contributed by atoms with Crippen LogP contribution in [0, 0.1) is 11.7 Å². The molecular formula is C17H23FN2O3S. The minimum Gasteiger partial charge on any atom is -0.337 e. The van der Waals surface area contributed by atoms with Crippen LogP contribution in [0.4, 0.5) is 4.39 Å². The number of sulfone groups is 1. The van der Waals surface area contributed by atoms with Crippen LogP contribution in [0.25, 0.3) is 0 Å². The Morgan fingerprint density at radius 2 is 1.88 bits per heavy atom. The van der Waals surface area contributed by atoms with Crippen LogP contribution in [0.15, 0.2) is 24.3 Å². The first kappa shape index (κ1) is 17.4. The topological polar surface area (TPSA) is 57.7 Å². The van der Waals surface area contributed by atoms with Crippen molar-refractivity contribution in [1.82, 2.24) is 9.80 Å². The number of hydrogen-bond acceptors (Lipinski definition) is 4. The van der Waals surface area contributed by atoms with Crippen LogP contribution in [0.2, 0.25) is 0 Å². The lowest BCUT2D eigenvalue weighted by Crippen LogP contribution is -2.49. The van der Waals surface area contributed by atoms with Gasteiger partial charge in [0.2, 0.25) is 5.91 Å².